The van der Waals surface area contributed by atoms with E-state index in [-0.39, 0.29) is 0 Å². The van der Waals surface area contributed by atoms with Gasteiger partial charge in [-0.1, -0.05) is 26.2 Å². The van der Waals surface area contributed by atoms with Gasteiger partial charge in [-0.05, 0) is 49.0 Å². The number of aromatic nitrogens is 4. The molecule has 140 valence electrons. The molecule has 0 bridgehead atoms. The number of nitrogens with one attached hydrogen (secondary N) is 2. The van der Waals surface area contributed by atoms with E-state index in [0.717, 1.165) is 18.3 Å². The van der Waals surface area contributed by atoms with Gasteiger partial charge in [-0.15, -0.1) is 5.10 Å². The van der Waals surface area contributed by atoms with Crippen molar-refractivity contribution >= 4 is 0 Å². The second-order valence-electron chi connectivity index (χ2n) is 8.53. The summed E-state index contributed by atoms with van der Waals surface area (Å²) in [5.74, 6) is 1.16. The molecule has 4 rings (SSSR count). The van der Waals surface area contributed by atoms with Crippen molar-refractivity contribution in [2.75, 3.05) is 26.2 Å². The van der Waals surface area contributed by atoms with Crippen molar-refractivity contribution in [3.05, 3.63) is 5.82 Å². The zero-order valence-electron chi connectivity index (χ0n) is 15.9. The molecule has 2 aliphatic carbocycles. The lowest BCUT2D eigenvalue weighted by atomic mass is 9.95. The van der Waals surface area contributed by atoms with Gasteiger partial charge in [0.05, 0.1) is 12.1 Å². The number of piperazine rings is 1. The van der Waals surface area contributed by atoms with E-state index in [9.17, 15) is 0 Å². The first-order valence-corrected chi connectivity index (χ1v) is 10.8. The zero-order valence-corrected chi connectivity index (χ0v) is 15.9. The molecule has 1 aromatic heterocycles. The quantitative estimate of drug-likeness (QED) is 0.808. The van der Waals surface area contributed by atoms with Crippen molar-refractivity contribution in [3.63, 3.8) is 0 Å². The fourth-order valence-electron chi connectivity index (χ4n) is 5.65. The van der Waals surface area contributed by atoms with Gasteiger partial charge in [0.25, 0.3) is 0 Å². The zero-order chi connectivity index (χ0) is 17.1. The minimum absolute atomic E-state index is 0.474. The van der Waals surface area contributed by atoms with Crippen molar-refractivity contribution in [1.82, 2.24) is 20.2 Å². The Hall–Kier alpha value is -1.01. The summed E-state index contributed by atoms with van der Waals surface area (Å²) in [6.07, 6.45) is 13.5. The number of rotatable bonds is 5. The first-order valence-electron chi connectivity index (χ1n) is 10.8. The van der Waals surface area contributed by atoms with Gasteiger partial charge in [0, 0.05) is 6.42 Å². The smallest absolute Gasteiger partial charge is 0.209 e. The van der Waals surface area contributed by atoms with Crippen LogP contribution < -0.4 is 9.80 Å². The minimum atomic E-state index is 0.474. The van der Waals surface area contributed by atoms with Gasteiger partial charge in [-0.2, -0.15) is 0 Å². The van der Waals surface area contributed by atoms with Crippen LogP contribution in [0, 0.1) is 0 Å². The fraction of sp³-hybridized carbons (Fsp3) is 0.947. The highest BCUT2D eigenvalue weighted by Gasteiger charge is 2.37. The van der Waals surface area contributed by atoms with Crippen LogP contribution in [0.15, 0.2) is 0 Å². The summed E-state index contributed by atoms with van der Waals surface area (Å²) >= 11 is 0. The highest BCUT2D eigenvalue weighted by atomic mass is 15.6. The van der Waals surface area contributed by atoms with Crippen LogP contribution in [0.25, 0.3) is 0 Å². The van der Waals surface area contributed by atoms with Gasteiger partial charge in [0.2, 0.25) is 5.82 Å². The Labute approximate surface area is 151 Å². The molecule has 0 spiro atoms. The summed E-state index contributed by atoms with van der Waals surface area (Å²) in [4.78, 5) is 3.60. The molecule has 3 aliphatic rings. The predicted molar refractivity (Wildman–Crippen MR) is 96.6 cm³/mol. The van der Waals surface area contributed by atoms with Crippen molar-refractivity contribution in [2.24, 2.45) is 0 Å². The van der Waals surface area contributed by atoms with Crippen molar-refractivity contribution < 1.29 is 9.80 Å². The second kappa shape index (κ2) is 8.12. The Kier molecular flexibility index (Phi) is 5.66. The van der Waals surface area contributed by atoms with Gasteiger partial charge in [0.1, 0.15) is 32.2 Å². The maximum Gasteiger partial charge on any atom is 0.209 e. The van der Waals surface area contributed by atoms with E-state index in [1.807, 2.05) is 4.90 Å². The molecule has 1 aromatic rings. The van der Waals surface area contributed by atoms with E-state index in [4.69, 9.17) is 0 Å². The average molecular weight is 349 g/mol. The van der Waals surface area contributed by atoms with E-state index in [1.54, 1.807) is 4.90 Å². The monoisotopic (exact) mass is 348 g/mol. The standard InChI is InChI=1S/C19H34N6/c1-2-18(19-20-21-22-25(19)17-10-4-3-5-11-17)24-14-12-23(13-15-24)16-8-6-7-9-16/h16-18H,2-15H2,1H3/p+2/t18-/m0/s1. The molecule has 2 heterocycles. The lowest BCUT2D eigenvalue weighted by Crippen LogP contribution is -3.29. The largest absolute Gasteiger partial charge is 0.323 e. The van der Waals surface area contributed by atoms with Gasteiger partial charge < -0.3 is 9.80 Å². The summed E-state index contributed by atoms with van der Waals surface area (Å²) in [6.45, 7) is 7.54. The van der Waals surface area contributed by atoms with E-state index < -0.39 is 0 Å². The molecule has 0 aromatic carbocycles. The lowest BCUT2D eigenvalue weighted by molar-refractivity contribution is -1.04. The highest BCUT2D eigenvalue weighted by Crippen LogP contribution is 2.29. The molecule has 1 atom stereocenters. The van der Waals surface area contributed by atoms with Gasteiger partial charge in [0.15, 0.2) is 0 Å². The number of hydrogen-bond donors (Lipinski definition) is 2. The molecule has 6 nitrogen and oxygen atoms in total. The van der Waals surface area contributed by atoms with Crippen LogP contribution in [0.4, 0.5) is 0 Å². The third-order valence-electron chi connectivity index (χ3n) is 7.12. The summed E-state index contributed by atoms with van der Waals surface area (Å²) < 4.78 is 2.20. The Morgan fingerprint density at radius 2 is 1.64 bits per heavy atom. The first-order chi connectivity index (χ1) is 12.4. The normalized spacial score (nSPS) is 30.6. The Balaban J connectivity index is 1.42. The number of hydrogen-bond acceptors (Lipinski definition) is 3. The summed E-state index contributed by atoms with van der Waals surface area (Å²) in [5.41, 5.74) is 0. The molecule has 3 fully saturated rings. The van der Waals surface area contributed by atoms with E-state index >= 15 is 0 Å². The molecule has 2 N–H and O–H groups in total. The maximum atomic E-state index is 4.51. The van der Waals surface area contributed by atoms with Crippen LogP contribution in [0.2, 0.25) is 0 Å². The topological polar surface area (TPSA) is 52.5 Å². The molecule has 6 heteroatoms. The van der Waals surface area contributed by atoms with Gasteiger partial charge in [-0.3, -0.25) is 0 Å². The Morgan fingerprint density at radius 1 is 0.960 bits per heavy atom. The van der Waals surface area contributed by atoms with Crippen LogP contribution in [-0.2, 0) is 0 Å². The highest BCUT2D eigenvalue weighted by molar-refractivity contribution is 4.90. The van der Waals surface area contributed by atoms with E-state index in [1.165, 1.54) is 84.0 Å². The fourth-order valence-corrected chi connectivity index (χ4v) is 5.65. The third kappa shape index (κ3) is 3.75. The second-order valence-corrected chi connectivity index (χ2v) is 8.53. The van der Waals surface area contributed by atoms with Crippen LogP contribution in [0.1, 0.15) is 89.0 Å². The summed E-state index contributed by atoms with van der Waals surface area (Å²) in [6, 6.07) is 1.97. The summed E-state index contributed by atoms with van der Waals surface area (Å²) in [5, 5.41) is 13.0. The third-order valence-corrected chi connectivity index (χ3v) is 7.12. The Morgan fingerprint density at radius 3 is 2.32 bits per heavy atom. The van der Waals surface area contributed by atoms with Crippen LogP contribution in [0.5, 0.6) is 0 Å². The lowest BCUT2D eigenvalue weighted by Gasteiger charge is -2.36. The SMILES string of the molecule is CC[C@@H](c1nnnn1C1CCCCC1)[NH+]1CC[NH+](C2CCCC2)CC1. The van der Waals surface area contributed by atoms with Crippen molar-refractivity contribution in [1.29, 1.82) is 0 Å². The van der Waals surface area contributed by atoms with E-state index in [0.29, 0.717) is 12.1 Å². The molecular weight excluding hydrogens is 312 g/mol. The first kappa shape index (κ1) is 17.4. The van der Waals surface area contributed by atoms with Crippen LogP contribution >= 0.6 is 0 Å². The van der Waals surface area contributed by atoms with Gasteiger partial charge >= 0.3 is 0 Å². The van der Waals surface area contributed by atoms with Crippen LogP contribution in [-0.4, -0.2) is 52.4 Å². The number of quaternary nitrogens is 2. The molecular formula is C19H36N6+2. The summed E-state index contributed by atoms with van der Waals surface area (Å²) in [7, 11) is 0. The molecule has 0 amide bonds. The molecule has 2 saturated carbocycles. The van der Waals surface area contributed by atoms with Crippen LogP contribution in [0.3, 0.4) is 0 Å². The predicted octanol–water partition coefficient (Wildman–Crippen LogP) is 0.355. The van der Waals surface area contributed by atoms with Gasteiger partial charge in [-0.25, -0.2) is 4.68 Å². The minimum Gasteiger partial charge on any atom is -0.323 e. The molecule has 1 aliphatic heterocycles. The Bertz CT molecular complexity index is 524. The number of nitrogens with zero attached hydrogens (tertiary/aromatic N) is 4. The molecule has 0 radical (unpaired) electrons. The average Bonchev–Trinajstić information content (AvgIpc) is 3.36. The van der Waals surface area contributed by atoms with Crippen molar-refractivity contribution in [2.45, 2.75) is 89.3 Å². The molecule has 1 saturated heterocycles. The van der Waals surface area contributed by atoms with E-state index in [2.05, 4.69) is 27.1 Å². The molecule has 0 unspecified atom stereocenters. The number of tetrazole rings is 1. The maximum absolute atomic E-state index is 4.51. The van der Waals surface area contributed by atoms with Crippen molar-refractivity contribution in [3.8, 4) is 0 Å². The molecule has 25 heavy (non-hydrogen) atoms.